The number of nitrogens with zero attached hydrogens (tertiary/aromatic N) is 4. The highest BCUT2D eigenvalue weighted by atomic mass is 32.2. The molecule has 0 unspecified atom stereocenters. The molecule has 0 bridgehead atoms. The van der Waals surface area contributed by atoms with Crippen LogP contribution in [0.15, 0.2) is 101 Å². The quantitative estimate of drug-likeness (QED) is 0.498. The van der Waals surface area contributed by atoms with Crippen LogP contribution in [-0.4, -0.2) is 23.6 Å². The van der Waals surface area contributed by atoms with Gasteiger partial charge in [0.2, 0.25) is 15.9 Å². The van der Waals surface area contributed by atoms with E-state index in [0.29, 0.717) is 23.0 Å². The molecule has 2 aromatic heterocycles. The smallest absolute Gasteiger partial charge is 0.330 e. The zero-order valence-electron chi connectivity index (χ0n) is 18.2. The van der Waals surface area contributed by atoms with E-state index in [1.165, 1.54) is 30.9 Å². The third kappa shape index (κ3) is 4.93. The van der Waals surface area contributed by atoms with E-state index < -0.39 is 10.0 Å². The van der Waals surface area contributed by atoms with Gasteiger partial charge in [-0.05, 0) is 49.2 Å². The first-order valence-corrected chi connectivity index (χ1v) is 12.1. The number of primary sulfonamides is 1. The minimum atomic E-state index is -3.86. The van der Waals surface area contributed by atoms with Crippen molar-refractivity contribution in [2.75, 3.05) is 10.2 Å². The van der Waals surface area contributed by atoms with Crippen molar-refractivity contribution < 1.29 is 22.3 Å². The van der Waals surface area contributed by atoms with Gasteiger partial charge in [-0.25, -0.2) is 23.4 Å². The van der Waals surface area contributed by atoms with Crippen molar-refractivity contribution in [2.45, 2.75) is 17.7 Å². The Kier molecular flexibility index (Phi) is 6.04. The van der Waals surface area contributed by atoms with Gasteiger partial charge in [0, 0.05) is 17.6 Å². The SMILES string of the molecule is NS(=O)(=O)c1cccc(Nc2ncccc2-c2nnc(N(C3=CC=CCC3)C3=COC=CO3)o2)c1. The monoisotopic (exact) mass is 492 g/mol. The van der Waals surface area contributed by atoms with Crippen molar-refractivity contribution in [1.82, 2.24) is 15.2 Å². The van der Waals surface area contributed by atoms with E-state index >= 15 is 0 Å². The van der Waals surface area contributed by atoms with Crippen molar-refractivity contribution in [3.8, 4) is 11.5 Å². The molecule has 0 radical (unpaired) electrons. The Hall–Kier alpha value is -4.42. The average molecular weight is 493 g/mol. The first-order chi connectivity index (χ1) is 17.0. The minimum Gasteiger partial charge on any atom is -0.464 e. The molecule has 11 nitrogen and oxygen atoms in total. The normalized spacial score (nSPS) is 15.0. The van der Waals surface area contributed by atoms with Gasteiger partial charge >= 0.3 is 6.01 Å². The molecule has 1 aliphatic heterocycles. The molecule has 12 heteroatoms. The Labute approximate surface area is 200 Å². The van der Waals surface area contributed by atoms with Gasteiger partial charge in [-0.3, -0.25) is 0 Å². The van der Waals surface area contributed by atoms with Crippen LogP contribution in [0.25, 0.3) is 11.5 Å². The summed E-state index contributed by atoms with van der Waals surface area (Å²) in [5.41, 5.74) is 1.87. The molecule has 2 aliphatic rings. The van der Waals surface area contributed by atoms with Gasteiger partial charge in [0.1, 0.15) is 18.3 Å². The van der Waals surface area contributed by atoms with Gasteiger partial charge in [0.25, 0.3) is 5.89 Å². The number of aromatic nitrogens is 3. The summed E-state index contributed by atoms with van der Waals surface area (Å²) >= 11 is 0. The Bertz CT molecular complexity index is 1470. The molecule has 3 heterocycles. The third-order valence-corrected chi connectivity index (χ3v) is 5.97. The fourth-order valence-corrected chi connectivity index (χ4v) is 4.03. The van der Waals surface area contributed by atoms with E-state index in [1.807, 2.05) is 12.2 Å². The molecule has 0 atom stereocenters. The maximum absolute atomic E-state index is 11.7. The molecular formula is C23H20N6O5S. The average Bonchev–Trinajstić information content (AvgIpc) is 3.35. The Morgan fingerprint density at radius 2 is 2.03 bits per heavy atom. The van der Waals surface area contributed by atoms with Crippen molar-refractivity contribution >= 4 is 27.5 Å². The summed E-state index contributed by atoms with van der Waals surface area (Å²) in [6.07, 6.45) is 13.4. The van der Waals surface area contributed by atoms with Crippen LogP contribution in [0.1, 0.15) is 12.8 Å². The van der Waals surface area contributed by atoms with Crippen LogP contribution in [0.3, 0.4) is 0 Å². The summed E-state index contributed by atoms with van der Waals surface area (Å²) in [5.74, 6) is 0.955. The predicted molar refractivity (Wildman–Crippen MR) is 127 cm³/mol. The van der Waals surface area contributed by atoms with Crippen LogP contribution < -0.4 is 15.4 Å². The topological polar surface area (TPSA) is 146 Å². The number of anilines is 3. The van der Waals surface area contributed by atoms with Gasteiger partial charge in [0.15, 0.2) is 6.26 Å². The van der Waals surface area contributed by atoms with E-state index in [0.717, 1.165) is 18.5 Å². The first kappa shape index (κ1) is 22.4. The number of ether oxygens (including phenoxy) is 2. The van der Waals surface area contributed by atoms with Crippen LogP contribution in [0, 0.1) is 0 Å². The lowest BCUT2D eigenvalue weighted by Crippen LogP contribution is -2.24. The molecule has 1 aromatic carbocycles. The fourth-order valence-electron chi connectivity index (χ4n) is 3.47. The summed E-state index contributed by atoms with van der Waals surface area (Å²) in [6.45, 7) is 0. The van der Waals surface area contributed by atoms with Crippen molar-refractivity contribution in [2.24, 2.45) is 5.14 Å². The van der Waals surface area contributed by atoms with Crippen LogP contribution in [0.4, 0.5) is 17.5 Å². The lowest BCUT2D eigenvalue weighted by Gasteiger charge is -2.25. The summed E-state index contributed by atoms with van der Waals surface area (Å²) in [4.78, 5) is 6.01. The molecule has 0 amide bonds. The van der Waals surface area contributed by atoms with E-state index in [-0.39, 0.29) is 16.8 Å². The van der Waals surface area contributed by atoms with Crippen LogP contribution in [0.5, 0.6) is 0 Å². The van der Waals surface area contributed by atoms with E-state index in [9.17, 15) is 8.42 Å². The Morgan fingerprint density at radius 1 is 1.11 bits per heavy atom. The highest BCUT2D eigenvalue weighted by Crippen LogP contribution is 2.34. The molecular weight excluding hydrogens is 472 g/mol. The molecule has 0 saturated heterocycles. The highest BCUT2D eigenvalue weighted by molar-refractivity contribution is 7.89. The largest absolute Gasteiger partial charge is 0.464 e. The molecule has 178 valence electrons. The third-order valence-electron chi connectivity index (χ3n) is 5.06. The maximum Gasteiger partial charge on any atom is 0.330 e. The molecule has 0 fully saturated rings. The number of rotatable bonds is 7. The zero-order valence-corrected chi connectivity index (χ0v) is 19.1. The standard InChI is InChI=1S/C23H20N6O5S/c24-35(30,31)18-9-4-6-16(14-18)26-21-19(10-5-11-25-21)22-27-28-23(34-22)29(17-7-2-1-3-8-17)20-15-32-12-13-33-20/h1-2,4-7,9-15H,3,8H2,(H,25,26)(H2,24,30,31). The van der Waals surface area contributed by atoms with Gasteiger partial charge in [-0.1, -0.05) is 23.3 Å². The zero-order chi connectivity index (χ0) is 24.3. The number of pyridine rings is 1. The van der Waals surface area contributed by atoms with Gasteiger partial charge in [0.05, 0.1) is 10.5 Å². The fraction of sp³-hybridized carbons (Fsp3) is 0.0870. The van der Waals surface area contributed by atoms with Crippen LogP contribution in [-0.2, 0) is 19.5 Å². The molecule has 0 spiro atoms. The number of nitrogens with two attached hydrogens (primary N) is 1. The van der Waals surface area contributed by atoms with Crippen LogP contribution >= 0.6 is 0 Å². The molecule has 3 N–H and O–H groups in total. The molecule has 5 rings (SSSR count). The Balaban J connectivity index is 1.48. The van der Waals surface area contributed by atoms with E-state index in [1.54, 1.807) is 35.4 Å². The summed E-state index contributed by atoms with van der Waals surface area (Å²) < 4.78 is 40.3. The summed E-state index contributed by atoms with van der Waals surface area (Å²) in [7, 11) is -3.86. The second-order valence-corrected chi connectivity index (χ2v) is 8.99. The number of nitrogens with one attached hydrogen (secondary N) is 1. The van der Waals surface area contributed by atoms with Crippen LogP contribution in [0.2, 0.25) is 0 Å². The Morgan fingerprint density at radius 3 is 2.80 bits per heavy atom. The van der Waals surface area contributed by atoms with Gasteiger partial charge in [-0.2, -0.15) is 0 Å². The highest BCUT2D eigenvalue weighted by Gasteiger charge is 2.26. The maximum atomic E-state index is 11.7. The van der Waals surface area contributed by atoms with E-state index in [4.69, 9.17) is 19.0 Å². The molecule has 35 heavy (non-hydrogen) atoms. The lowest BCUT2D eigenvalue weighted by molar-refractivity contribution is 0.247. The van der Waals surface area contributed by atoms with Crippen molar-refractivity contribution in [3.05, 3.63) is 91.2 Å². The van der Waals surface area contributed by atoms with Gasteiger partial charge < -0.3 is 19.2 Å². The number of benzene rings is 1. The number of hydrogen-bond donors (Lipinski definition) is 2. The summed E-state index contributed by atoms with van der Waals surface area (Å²) in [6, 6.07) is 9.75. The summed E-state index contributed by atoms with van der Waals surface area (Å²) in [5, 5.41) is 16.8. The number of hydrogen-bond acceptors (Lipinski definition) is 10. The van der Waals surface area contributed by atoms with Crippen molar-refractivity contribution in [3.63, 3.8) is 0 Å². The minimum absolute atomic E-state index is 0.0254. The second kappa shape index (κ2) is 9.44. The van der Waals surface area contributed by atoms with Crippen molar-refractivity contribution in [1.29, 1.82) is 0 Å². The van der Waals surface area contributed by atoms with E-state index in [2.05, 4.69) is 26.6 Å². The second-order valence-electron chi connectivity index (χ2n) is 7.43. The predicted octanol–water partition coefficient (Wildman–Crippen LogP) is 3.88. The molecule has 1 aliphatic carbocycles. The molecule has 0 saturated carbocycles. The molecule has 3 aromatic rings. The first-order valence-electron chi connectivity index (χ1n) is 10.5. The number of sulfonamides is 1. The number of allylic oxidation sites excluding steroid dienone is 4. The van der Waals surface area contributed by atoms with Gasteiger partial charge in [-0.15, -0.1) is 5.10 Å². The lowest BCUT2D eigenvalue weighted by atomic mass is 10.1.